The number of amides is 2. The van der Waals surface area contributed by atoms with Crippen LogP contribution in [-0.2, 0) is 11.3 Å². The molecule has 0 fully saturated rings. The maximum Gasteiger partial charge on any atom is 0.339 e. The minimum atomic E-state index is -0.541. The predicted molar refractivity (Wildman–Crippen MR) is 108 cm³/mol. The van der Waals surface area contributed by atoms with Crippen molar-refractivity contribution in [2.24, 2.45) is 0 Å². The number of carbonyl (C=O) groups excluding carboxylic acids is 3. The number of nitrogens with zero attached hydrogens (tertiary/aromatic N) is 1. The third kappa shape index (κ3) is 5.04. The number of benzene rings is 2. The number of hydrogen-bond donors (Lipinski definition) is 2. The molecular weight excluding hydrogens is 370 g/mol. The van der Waals surface area contributed by atoms with Crippen LogP contribution in [0.4, 0.5) is 5.69 Å². The number of carbonyl (C=O) groups is 3. The summed E-state index contributed by atoms with van der Waals surface area (Å²) in [5.74, 6) is -1.21. The Kier molecular flexibility index (Phi) is 6.32. The Balaban J connectivity index is 1.65. The topological polar surface area (TPSA) is 97.4 Å². The highest BCUT2D eigenvalue weighted by Crippen LogP contribution is 2.17. The number of rotatable bonds is 6. The zero-order valence-electron chi connectivity index (χ0n) is 15.7. The van der Waals surface area contributed by atoms with Crippen LogP contribution in [0.1, 0.15) is 36.8 Å². The molecule has 0 aliphatic rings. The molecule has 2 amide bonds. The van der Waals surface area contributed by atoms with Crippen molar-refractivity contribution < 1.29 is 19.1 Å². The third-order valence-corrected chi connectivity index (χ3v) is 4.15. The summed E-state index contributed by atoms with van der Waals surface area (Å²) in [6.07, 6.45) is 1.66. The third-order valence-electron chi connectivity index (χ3n) is 4.15. The van der Waals surface area contributed by atoms with Crippen LogP contribution in [-0.4, -0.2) is 29.9 Å². The molecule has 0 atom stereocenters. The molecule has 0 aliphatic carbocycles. The van der Waals surface area contributed by atoms with Gasteiger partial charge in [-0.1, -0.05) is 18.2 Å². The Morgan fingerprint density at radius 2 is 1.52 bits per heavy atom. The lowest BCUT2D eigenvalue weighted by Gasteiger charge is -2.10. The van der Waals surface area contributed by atoms with E-state index >= 15 is 0 Å². The van der Waals surface area contributed by atoms with Crippen molar-refractivity contribution in [3.8, 4) is 0 Å². The van der Waals surface area contributed by atoms with E-state index in [9.17, 15) is 14.4 Å². The van der Waals surface area contributed by atoms with E-state index in [2.05, 4.69) is 15.6 Å². The summed E-state index contributed by atoms with van der Waals surface area (Å²) in [4.78, 5) is 40.7. The standard InChI is InChI=1S/C22H19N3O4/c1-29-22(28)18-7-2-3-8-19(18)25-21(27)16-11-9-15(10-12-16)20(26)24-14-17-6-4-5-13-23-17/h2-13H,14H2,1H3,(H,24,26)(H,25,27). The van der Waals surface area contributed by atoms with E-state index in [1.807, 2.05) is 12.1 Å². The van der Waals surface area contributed by atoms with Gasteiger partial charge < -0.3 is 15.4 Å². The SMILES string of the molecule is COC(=O)c1ccccc1NC(=O)c1ccc(C(=O)NCc2ccccn2)cc1. The Labute approximate surface area is 167 Å². The summed E-state index contributed by atoms with van der Waals surface area (Å²) in [6, 6.07) is 18.3. The molecule has 0 saturated carbocycles. The lowest BCUT2D eigenvalue weighted by molar-refractivity contribution is 0.0601. The summed E-state index contributed by atoms with van der Waals surface area (Å²) >= 11 is 0. The van der Waals surface area contributed by atoms with Gasteiger partial charge >= 0.3 is 5.97 Å². The second-order valence-corrected chi connectivity index (χ2v) is 6.07. The zero-order chi connectivity index (χ0) is 20.6. The average molecular weight is 389 g/mol. The van der Waals surface area contributed by atoms with Crippen LogP contribution in [0.25, 0.3) is 0 Å². The second-order valence-electron chi connectivity index (χ2n) is 6.07. The zero-order valence-corrected chi connectivity index (χ0v) is 15.7. The van der Waals surface area contributed by atoms with E-state index in [0.29, 0.717) is 23.4 Å². The molecule has 0 aliphatic heterocycles. The summed E-state index contributed by atoms with van der Waals surface area (Å²) in [7, 11) is 1.28. The van der Waals surface area contributed by atoms with Crippen molar-refractivity contribution in [1.29, 1.82) is 0 Å². The van der Waals surface area contributed by atoms with Gasteiger partial charge in [0.15, 0.2) is 0 Å². The van der Waals surface area contributed by atoms with E-state index < -0.39 is 11.9 Å². The lowest BCUT2D eigenvalue weighted by Crippen LogP contribution is -2.23. The van der Waals surface area contributed by atoms with Gasteiger partial charge in [0.05, 0.1) is 30.6 Å². The van der Waals surface area contributed by atoms with Crippen LogP contribution in [0.5, 0.6) is 0 Å². The van der Waals surface area contributed by atoms with Gasteiger partial charge in [0.2, 0.25) is 0 Å². The molecule has 0 spiro atoms. The van der Waals surface area contributed by atoms with Crippen molar-refractivity contribution in [3.05, 3.63) is 95.3 Å². The maximum atomic E-state index is 12.5. The fourth-order valence-corrected chi connectivity index (χ4v) is 2.62. The number of anilines is 1. The number of esters is 1. The molecule has 0 unspecified atom stereocenters. The number of para-hydroxylation sites is 1. The number of ether oxygens (including phenoxy) is 1. The van der Waals surface area contributed by atoms with Crippen molar-refractivity contribution in [1.82, 2.24) is 10.3 Å². The van der Waals surface area contributed by atoms with Gasteiger partial charge in [-0.25, -0.2) is 4.79 Å². The first-order chi connectivity index (χ1) is 14.1. The molecule has 146 valence electrons. The van der Waals surface area contributed by atoms with Crippen LogP contribution in [0.15, 0.2) is 72.9 Å². The van der Waals surface area contributed by atoms with E-state index in [4.69, 9.17) is 4.74 Å². The minimum Gasteiger partial charge on any atom is -0.465 e. The van der Waals surface area contributed by atoms with Gasteiger partial charge in [0.1, 0.15) is 0 Å². The lowest BCUT2D eigenvalue weighted by atomic mass is 10.1. The van der Waals surface area contributed by atoms with Crippen LogP contribution >= 0.6 is 0 Å². The molecule has 29 heavy (non-hydrogen) atoms. The summed E-state index contributed by atoms with van der Waals surface area (Å²) in [5.41, 5.74) is 2.13. The van der Waals surface area contributed by atoms with Gasteiger partial charge in [0, 0.05) is 17.3 Å². The Morgan fingerprint density at radius 1 is 0.862 bits per heavy atom. The quantitative estimate of drug-likeness (QED) is 0.632. The van der Waals surface area contributed by atoms with Crippen molar-refractivity contribution in [2.45, 2.75) is 6.54 Å². The number of methoxy groups -OCH3 is 1. The number of nitrogens with one attached hydrogen (secondary N) is 2. The van der Waals surface area contributed by atoms with Crippen molar-refractivity contribution in [3.63, 3.8) is 0 Å². The van der Waals surface area contributed by atoms with Crippen LogP contribution in [0.3, 0.4) is 0 Å². The van der Waals surface area contributed by atoms with Crippen LogP contribution in [0, 0.1) is 0 Å². The Hall–Kier alpha value is -4.00. The highest BCUT2D eigenvalue weighted by atomic mass is 16.5. The fraction of sp³-hybridized carbons (Fsp3) is 0.0909. The first kappa shape index (κ1) is 19.8. The number of pyridine rings is 1. The van der Waals surface area contributed by atoms with Crippen molar-refractivity contribution >= 4 is 23.5 Å². The fourth-order valence-electron chi connectivity index (χ4n) is 2.62. The average Bonchev–Trinajstić information content (AvgIpc) is 2.78. The Morgan fingerprint density at radius 3 is 2.17 bits per heavy atom. The van der Waals surface area contributed by atoms with E-state index in [0.717, 1.165) is 5.69 Å². The van der Waals surface area contributed by atoms with Crippen LogP contribution in [0.2, 0.25) is 0 Å². The first-order valence-electron chi connectivity index (χ1n) is 8.85. The number of hydrogen-bond acceptors (Lipinski definition) is 5. The van der Waals surface area contributed by atoms with Gasteiger partial charge in [-0.05, 0) is 48.5 Å². The van der Waals surface area contributed by atoms with E-state index in [1.165, 1.54) is 7.11 Å². The normalized spacial score (nSPS) is 10.1. The largest absolute Gasteiger partial charge is 0.465 e. The smallest absolute Gasteiger partial charge is 0.339 e. The molecule has 3 aromatic rings. The molecule has 0 radical (unpaired) electrons. The monoisotopic (exact) mass is 389 g/mol. The van der Waals surface area contributed by atoms with Gasteiger partial charge in [-0.2, -0.15) is 0 Å². The van der Waals surface area contributed by atoms with Crippen LogP contribution < -0.4 is 10.6 Å². The minimum absolute atomic E-state index is 0.258. The molecule has 7 nitrogen and oxygen atoms in total. The molecule has 1 aromatic heterocycles. The number of aromatic nitrogens is 1. The highest BCUT2D eigenvalue weighted by Gasteiger charge is 2.15. The van der Waals surface area contributed by atoms with Gasteiger partial charge in [-0.3, -0.25) is 14.6 Å². The van der Waals surface area contributed by atoms with E-state index in [1.54, 1.807) is 60.8 Å². The maximum absolute atomic E-state index is 12.5. The molecule has 0 bridgehead atoms. The van der Waals surface area contributed by atoms with Crippen molar-refractivity contribution in [2.75, 3.05) is 12.4 Å². The molecule has 2 N–H and O–H groups in total. The molecular formula is C22H19N3O4. The molecule has 2 aromatic carbocycles. The summed E-state index contributed by atoms with van der Waals surface area (Å²) < 4.78 is 4.72. The van der Waals surface area contributed by atoms with Gasteiger partial charge in [0.25, 0.3) is 11.8 Å². The Bertz CT molecular complexity index is 1020. The molecule has 0 saturated heterocycles. The van der Waals surface area contributed by atoms with E-state index in [-0.39, 0.29) is 11.5 Å². The summed E-state index contributed by atoms with van der Waals surface area (Å²) in [5, 5.41) is 5.47. The first-order valence-corrected chi connectivity index (χ1v) is 8.85. The van der Waals surface area contributed by atoms with Gasteiger partial charge in [-0.15, -0.1) is 0 Å². The molecule has 7 heteroatoms. The summed E-state index contributed by atoms with van der Waals surface area (Å²) in [6.45, 7) is 0.312. The highest BCUT2D eigenvalue weighted by molar-refractivity contribution is 6.08. The predicted octanol–water partition coefficient (Wildman–Crippen LogP) is 3.05. The second kappa shape index (κ2) is 9.27. The molecule has 1 heterocycles. The molecule has 3 rings (SSSR count).